The van der Waals surface area contributed by atoms with E-state index in [1.54, 1.807) is 12.1 Å². The van der Waals surface area contributed by atoms with E-state index in [4.69, 9.17) is 0 Å². The van der Waals surface area contributed by atoms with Gasteiger partial charge in [0.25, 0.3) is 0 Å². The van der Waals surface area contributed by atoms with Crippen molar-refractivity contribution in [3.63, 3.8) is 0 Å². The lowest BCUT2D eigenvalue weighted by molar-refractivity contribution is 0.205. The first kappa shape index (κ1) is 17.4. The van der Waals surface area contributed by atoms with Crippen LogP contribution in [-0.2, 0) is 15.4 Å². The maximum Gasteiger partial charge on any atom is 0.358 e. The van der Waals surface area contributed by atoms with E-state index >= 15 is 0 Å². The molecule has 1 unspecified atom stereocenters. The summed E-state index contributed by atoms with van der Waals surface area (Å²) in [5, 5.41) is 9.87. The molecule has 5 heteroatoms. The molecule has 0 aliphatic heterocycles. The van der Waals surface area contributed by atoms with Crippen LogP contribution in [-0.4, -0.2) is 14.9 Å². The molecule has 0 aliphatic carbocycles. The molecule has 0 heterocycles. The van der Waals surface area contributed by atoms with Crippen LogP contribution in [0.4, 0.5) is 0 Å². The summed E-state index contributed by atoms with van der Waals surface area (Å²) in [6.45, 7) is 12.2. The highest BCUT2D eigenvalue weighted by Gasteiger charge is 2.30. The molecule has 0 saturated heterocycles. The monoisotopic (exact) mass is 300 g/mol. The number of hydrogen-bond acceptors (Lipinski definition) is 2. The van der Waals surface area contributed by atoms with Gasteiger partial charge >= 0.3 is 7.60 Å². The second-order valence-corrected chi connectivity index (χ2v) is 8.97. The van der Waals surface area contributed by atoms with E-state index in [0.29, 0.717) is 0 Å². The lowest BCUT2D eigenvalue weighted by Gasteiger charge is -2.27. The molecule has 0 amide bonds. The van der Waals surface area contributed by atoms with Crippen LogP contribution in [0.25, 0.3) is 0 Å². The van der Waals surface area contributed by atoms with Crippen LogP contribution in [0.3, 0.4) is 0 Å². The molecule has 0 saturated carbocycles. The normalized spacial score (nSPS) is 15.2. The van der Waals surface area contributed by atoms with Gasteiger partial charge in [-0.3, -0.25) is 4.57 Å². The molecule has 4 nitrogen and oxygen atoms in total. The molecule has 0 spiro atoms. The van der Waals surface area contributed by atoms with Gasteiger partial charge in [0, 0.05) is 0 Å². The van der Waals surface area contributed by atoms with E-state index < -0.39 is 13.4 Å². The molecule has 0 bridgehead atoms. The molecule has 1 aromatic rings. The van der Waals surface area contributed by atoms with Crippen LogP contribution in [0.2, 0.25) is 0 Å². The average molecular weight is 300 g/mol. The fourth-order valence-electron chi connectivity index (χ4n) is 1.86. The molecule has 0 fully saturated rings. The fraction of sp³-hybridized carbons (Fsp3) is 0.600. The van der Waals surface area contributed by atoms with Gasteiger partial charge in [-0.1, -0.05) is 59.7 Å². The summed E-state index contributed by atoms with van der Waals surface area (Å²) >= 11 is 0. The summed E-state index contributed by atoms with van der Waals surface area (Å²) in [5.74, 6) is -1.77. The molecule has 20 heavy (non-hydrogen) atoms. The molecule has 1 aromatic carbocycles. The van der Waals surface area contributed by atoms with E-state index in [-0.39, 0.29) is 16.4 Å². The Morgan fingerprint density at radius 2 is 1.25 bits per heavy atom. The Bertz CT molecular complexity index is 500. The highest BCUT2D eigenvalue weighted by molar-refractivity contribution is 7.51. The Morgan fingerprint density at radius 1 is 0.900 bits per heavy atom. The Balaban J connectivity index is 3.51. The smallest absolute Gasteiger partial charge is 0.358 e. The Labute approximate surface area is 121 Å². The molecule has 0 aromatic heterocycles. The fourth-order valence-corrected chi connectivity index (χ4v) is 2.40. The van der Waals surface area contributed by atoms with E-state index in [2.05, 4.69) is 0 Å². The Hall–Kier alpha value is -0.670. The van der Waals surface area contributed by atoms with Gasteiger partial charge in [-0.05, 0) is 27.5 Å². The molecular formula is C15H25O4P. The Kier molecular flexibility index (Phi) is 4.58. The Morgan fingerprint density at radius 3 is 1.50 bits per heavy atom. The maximum atomic E-state index is 11.3. The van der Waals surface area contributed by atoms with Gasteiger partial charge in [0.2, 0.25) is 0 Å². The predicted molar refractivity (Wildman–Crippen MR) is 80.8 cm³/mol. The molecule has 1 atom stereocenters. The summed E-state index contributed by atoms with van der Waals surface area (Å²) < 4.78 is 11.3. The maximum absolute atomic E-state index is 11.3. The first-order valence-electron chi connectivity index (χ1n) is 6.62. The topological polar surface area (TPSA) is 77.8 Å². The number of aliphatic hydroxyl groups excluding tert-OH is 1. The van der Waals surface area contributed by atoms with Gasteiger partial charge in [-0.2, -0.15) is 0 Å². The highest BCUT2D eigenvalue weighted by Crippen LogP contribution is 2.50. The van der Waals surface area contributed by atoms with Crippen LogP contribution in [0.5, 0.6) is 0 Å². The zero-order valence-corrected chi connectivity index (χ0v) is 13.9. The second kappa shape index (κ2) is 5.27. The van der Waals surface area contributed by atoms with Gasteiger partial charge < -0.3 is 14.9 Å². The number of aliphatic hydroxyl groups is 1. The van der Waals surface area contributed by atoms with Crippen LogP contribution < -0.4 is 0 Å². The summed E-state index contributed by atoms with van der Waals surface area (Å²) in [7, 11) is -4.57. The third-order valence-corrected chi connectivity index (χ3v) is 4.24. The highest BCUT2D eigenvalue weighted by atomic mass is 31.2. The van der Waals surface area contributed by atoms with Crippen molar-refractivity contribution in [3.05, 3.63) is 34.9 Å². The van der Waals surface area contributed by atoms with Gasteiger partial charge in [0.05, 0.1) is 0 Å². The van der Waals surface area contributed by atoms with E-state index in [0.717, 1.165) is 11.1 Å². The van der Waals surface area contributed by atoms with Crippen molar-refractivity contribution in [3.8, 4) is 0 Å². The lowest BCUT2D eigenvalue weighted by Crippen LogP contribution is -2.17. The van der Waals surface area contributed by atoms with Gasteiger partial charge in [-0.15, -0.1) is 0 Å². The van der Waals surface area contributed by atoms with Crippen molar-refractivity contribution in [1.29, 1.82) is 0 Å². The van der Waals surface area contributed by atoms with Crippen molar-refractivity contribution < 1.29 is 19.5 Å². The van der Waals surface area contributed by atoms with Gasteiger partial charge in [0.15, 0.2) is 5.85 Å². The van der Waals surface area contributed by atoms with Crippen molar-refractivity contribution in [2.75, 3.05) is 0 Å². The standard InChI is InChI=1S/C15H25O4P/c1-14(2,3)11-7-10(13(16)20(17,18)19)8-12(9-11)15(4,5)6/h7-9,13,16H,1-6H3,(H2,17,18,19). The molecule has 1 rings (SSSR count). The molecule has 0 radical (unpaired) electrons. The third kappa shape index (κ3) is 4.16. The number of rotatable bonds is 2. The van der Waals surface area contributed by atoms with Crippen LogP contribution >= 0.6 is 7.60 Å². The predicted octanol–water partition coefficient (Wildman–Crippen LogP) is 3.45. The van der Waals surface area contributed by atoms with Crippen LogP contribution in [0, 0.1) is 0 Å². The zero-order valence-electron chi connectivity index (χ0n) is 13.0. The molecular weight excluding hydrogens is 275 g/mol. The molecule has 0 aliphatic rings. The summed E-state index contributed by atoms with van der Waals surface area (Å²) in [5.41, 5.74) is 1.85. The SMILES string of the molecule is CC(C)(C)c1cc(C(O)P(=O)(O)O)cc(C(C)(C)C)c1. The van der Waals surface area contributed by atoms with Crippen molar-refractivity contribution >= 4 is 7.60 Å². The van der Waals surface area contributed by atoms with Crippen molar-refractivity contribution in [2.45, 2.75) is 58.2 Å². The van der Waals surface area contributed by atoms with Gasteiger partial charge in [0.1, 0.15) is 0 Å². The van der Waals surface area contributed by atoms with Crippen LogP contribution in [0.15, 0.2) is 18.2 Å². The number of hydrogen-bond donors (Lipinski definition) is 3. The average Bonchev–Trinajstić information content (AvgIpc) is 2.23. The summed E-state index contributed by atoms with van der Waals surface area (Å²) in [6.07, 6.45) is 0. The first-order chi connectivity index (χ1) is 8.73. The van der Waals surface area contributed by atoms with Crippen molar-refractivity contribution in [2.24, 2.45) is 0 Å². The van der Waals surface area contributed by atoms with Crippen LogP contribution in [0.1, 0.15) is 64.1 Å². The largest absolute Gasteiger partial charge is 0.376 e. The zero-order chi connectivity index (χ0) is 15.9. The first-order valence-corrected chi connectivity index (χ1v) is 8.30. The lowest BCUT2D eigenvalue weighted by atomic mass is 9.79. The third-order valence-electron chi connectivity index (χ3n) is 3.30. The quantitative estimate of drug-likeness (QED) is 0.731. The van der Waals surface area contributed by atoms with E-state index in [9.17, 15) is 19.5 Å². The molecule has 3 N–H and O–H groups in total. The van der Waals surface area contributed by atoms with Crippen molar-refractivity contribution in [1.82, 2.24) is 0 Å². The van der Waals surface area contributed by atoms with Gasteiger partial charge in [-0.25, -0.2) is 0 Å². The molecule has 114 valence electrons. The van der Waals surface area contributed by atoms with E-state index in [1.807, 2.05) is 47.6 Å². The van der Waals surface area contributed by atoms with E-state index in [1.165, 1.54) is 0 Å². The minimum atomic E-state index is -4.57. The summed E-state index contributed by atoms with van der Waals surface area (Å²) in [4.78, 5) is 18.4. The second-order valence-electron chi connectivity index (χ2n) is 7.31. The summed E-state index contributed by atoms with van der Waals surface area (Å²) in [6, 6.07) is 5.40. The minimum absolute atomic E-state index is 0.162. The number of benzene rings is 1. The minimum Gasteiger partial charge on any atom is -0.376 e.